The Morgan fingerprint density at radius 2 is 1.87 bits per heavy atom. The maximum Gasteiger partial charge on any atom is 0.182 e. The van der Waals surface area contributed by atoms with Crippen molar-refractivity contribution in [2.75, 3.05) is 0 Å². The molecule has 1 aliphatic carbocycles. The Bertz CT molecular complexity index is 528. The van der Waals surface area contributed by atoms with Crippen LogP contribution in [0.1, 0.15) is 24.1 Å². The van der Waals surface area contributed by atoms with Gasteiger partial charge in [0, 0.05) is 11.1 Å². The van der Waals surface area contributed by atoms with Gasteiger partial charge in [-0.25, -0.2) is 0 Å². The molecule has 1 heterocycles. The summed E-state index contributed by atoms with van der Waals surface area (Å²) in [6.45, 7) is 0. The zero-order chi connectivity index (χ0) is 10.4. The first kappa shape index (κ1) is 8.65. The molecule has 0 saturated heterocycles. The molecule has 0 atom stereocenters. The smallest absolute Gasteiger partial charge is 0.182 e. The van der Waals surface area contributed by atoms with E-state index in [1.54, 1.807) is 6.07 Å². The molecule has 0 aliphatic heterocycles. The second-order valence-electron chi connectivity index (χ2n) is 4.15. The van der Waals surface area contributed by atoms with Crippen molar-refractivity contribution in [2.24, 2.45) is 0 Å². The molecule has 3 rings (SSSR count). The van der Waals surface area contributed by atoms with E-state index < -0.39 is 0 Å². The summed E-state index contributed by atoms with van der Waals surface area (Å²) in [7, 11) is 0. The number of aromatic nitrogens is 1. The molecule has 3 heteroatoms. The predicted octanol–water partition coefficient (Wildman–Crippen LogP) is 2.46. The van der Waals surface area contributed by atoms with E-state index in [-0.39, 0.29) is 11.5 Å². The number of hydrogen-bond donors (Lipinski definition) is 3. The molecule has 1 aromatic heterocycles. The molecule has 0 unspecified atom stereocenters. The van der Waals surface area contributed by atoms with Gasteiger partial charge in [0.1, 0.15) is 0 Å². The normalized spacial score (nSPS) is 15.5. The van der Waals surface area contributed by atoms with E-state index >= 15 is 0 Å². The van der Waals surface area contributed by atoms with Crippen molar-refractivity contribution in [3.05, 3.63) is 23.4 Å². The third-order valence-electron chi connectivity index (χ3n) is 3.23. The van der Waals surface area contributed by atoms with Gasteiger partial charge in [0.25, 0.3) is 0 Å². The fourth-order valence-electron chi connectivity index (χ4n) is 2.45. The lowest BCUT2D eigenvalue weighted by molar-refractivity contribution is 0.407. The second-order valence-corrected chi connectivity index (χ2v) is 4.15. The summed E-state index contributed by atoms with van der Waals surface area (Å²) in [4.78, 5) is 3.22. The number of phenolic OH excluding ortho intramolecular Hbond substituents is 2. The van der Waals surface area contributed by atoms with Gasteiger partial charge in [-0.05, 0) is 43.4 Å². The molecule has 0 radical (unpaired) electrons. The topological polar surface area (TPSA) is 56.2 Å². The third kappa shape index (κ3) is 1.12. The van der Waals surface area contributed by atoms with Crippen LogP contribution in [0.5, 0.6) is 11.5 Å². The van der Waals surface area contributed by atoms with Gasteiger partial charge < -0.3 is 15.2 Å². The number of hydrogen-bond acceptors (Lipinski definition) is 2. The minimum absolute atomic E-state index is 0.0260. The molecule has 2 aromatic rings. The largest absolute Gasteiger partial charge is 0.504 e. The molecule has 15 heavy (non-hydrogen) atoms. The highest BCUT2D eigenvalue weighted by Crippen LogP contribution is 2.37. The molecule has 1 aliphatic rings. The Balaban J connectivity index is 2.36. The summed E-state index contributed by atoms with van der Waals surface area (Å²) in [5.41, 5.74) is 3.21. The molecule has 0 bridgehead atoms. The fourth-order valence-corrected chi connectivity index (χ4v) is 2.45. The van der Waals surface area contributed by atoms with E-state index in [0.29, 0.717) is 5.52 Å². The zero-order valence-electron chi connectivity index (χ0n) is 8.38. The summed E-state index contributed by atoms with van der Waals surface area (Å²) >= 11 is 0. The van der Waals surface area contributed by atoms with Crippen molar-refractivity contribution in [1.82, 2.24) is 4.98 Å². The highest BCUT2D eigenvalue weighted by molar-refractivity contribution is 5.91. The molecule has 0 spiro atoms. The average molecular weight is 203 g/mol. The van der Waals surface area contributed by atoms with Crippen LogP contribution in [0.2, 0.25) is 0 Å². The van der Waals surface area contributed by atoms with Gasteiger partial charge in [0.15, 0.2) is 11.5 Å². The third-order valence-corrected chi connectivity index (χ3v) is 3.23. The molecule has 3 nitrogen and oxygen atoms in total. The number of fused-ring (bicyclic) bond motifs is 3. The Hall–Kier alpha value is -1.64. The quantitative estimate of drug-likeness (QED) is 0.576. The molecule has 1 aromatic carbocycles. The Kier molecular flexibility index (Phi) is 1.69. The minimum atomic E-state index is -0.0545. The lowest BCUT2D eigenvalue weighted by atomic mass is 9.96. The van der Waals surface area contributed by atoms with E-state index in [4.69, 9.17) is 0 Å². The van der Waals surface area contributed by atoms with Crippen molar-refractivity contribution in [3.63, 3.8) is 0 Å². The molecular weight excluding hydrogens is 190 g/mol. The zero-order valence-corrected chi connectivity index (χ0v) is 8.38. The van der Waals surface area contributed by atoms with Crippen LogP contribution in [-0.2, 0) is 12.8 Å². The maximum absolute atomic E-state index is 9.73. The standard InChI is InChI=1S/C12H13NO2/c14-10-6-5-8-7-3-1-2-4-9(7)13-11(8)12(10)15/h5-6,13-15H,1-4H2. The first-order chi connectivity index (χ1) is 7.27. The molecule has 0 amide bonds. The number of H-pyrrole nitrogens is 1. The minimum Gasteiger partial charge on any atom is -0.504 e. The van der Waals surface area contributed by atoms with Crippen LogP contribution >= 0.6 is 0 Å². The second kappa shape index (κ2) is 2.92. The van der Waals surface area contributed by atoms with Crippen molar-refractivity contribution < 1.29 is 10.2 Å². The van der Waals surface area contributed by atoms with Crippen LogP contribution in [0.3, 0.4) is 0 Å². The van der Waals surface area contributed by atoms with Crippen LogP contribution in [0.15, 0.2) is 12.1 Å². The van der Waals surface area contributed by atoms with Crippen molar-refractivity contribution in [1.29, 1.82) is 0 Å². The lowest BCUT2D eigenvalue weighted by Crippen LogP contribution is -1.99. The van der Waals surface area contributed by atoms with Crippen molar-refractivity contribution in [3.8, 4) is 11.5 Å². The van der Waals surface area contributed by atoms with Crippen LogP contribution in [0, 0.1) is 0 Å². The van der Waals surface area contributed by atoms with Gasteiger partial charge in [-0.2, -0.15) is 0 Å². The number of benzene rings is 1. The average Bonchev–Trinajstić information content (AvgIpc) is 2.63. The van der Waals surface area contributed by atoms with Crippen molar-refractivity contribution in [2.45, 2.75) is 25.7 Å². The molecule has 3 N–H and O–H groups in total. The Morgan fingerprint density at radius 1 is 1.07 bits per heavy atom. The van der Waals surface area contributed by atoms with Crippen LogP contribution in [-0.4, -0.2) is 15.2 Å². The predicted molar refractivity (Wildman–Crippen MR) is 58.3 cm³/mol. The fraction of sp³-hybridized carbons (Fsp3) is 0.333. The summed E-state index contributed by atoms with van der Waals surface area (Å²) in [5.74, 6) is -0.0806. The summed E-state index contributed by atoms with van der Waals surface area (Å²) in [6.07, 6.45) is 4.53. The Labute approximate surface area is 87.4 Å². The van der Waals surface area contributed by atoms with Crippen LogP contribution < -0.4 is 0 Å². The van der Waals surface area contributed by atoms with Gasteiger partial charge in [-0.1, -0.05) is 0 Å². The number of aromatic hydroxyl groups is 2. The maximum atomic E-state index is 9.73. The first-order valence-electron chi connectivity index (χ1n) is 5.32. The van der Waals surface area contributed by atoms with Gasteiger partial charge in [0.2, 0.25) is 0 Å². The van der Waals surface area contributed by atoms with E-state index in [0.717, 1.165) is 18.2 Å². The molecule has 0 fully saturated rings. The number of aromatic amines is 1. The monoisotopic (exact) mass is 203 g/mol. The lowest BCUT2D eigenvalue weighted by Gasteiger charge is -2.10. The molecule has 78 valence electrons. The SMILES string of the molecule is Oc1ccc2c3c([nH]c2c1O)CCCC3. The molecule has 0 saturated carbocycles. The summed E-state index contributed by atoms with van der Waals surface area (Å²) in [6, 6.07) is 3.44. The van der Waals surface area contributed by atoms with E-state index in [1.807, 2.05) is 6.07 Å². The van der Waals surface area contributed by atoms with Gasteiger partial charge >= 0.3 is 0 Å². The highest BCUT2D eigenvalue weighted by atomic mass is 16.3. The van der Waals surface area contributed by atoms with Gasteiger partial charge in [0.05, 0.1) is 5.52 Å². The van der Waals surface area contributed by atoms with Crippen LogP contribution in [0.4, 0.5) is 0 Å². The summed E-state index contributed by atoms with van der Waals surface area (Å²) < 4.78 is 0. The van der Waals surface area contributed by atoms with E-state index in [9.17, 15) is 10.2 Å². The molecular formula is C12H13NO2. The Morgan fingerprint density at radius 3 is 2.73 bits per heavy atom. The van der Waals surface area contributed by atoms with Crippen molar-refractivity contribution >= 4 is 10.9 Å². The van der Waals surface area contributed by atoms with Crippen LogP contribution in [0.25, 0.3) is 10.9 Å². The number of phenols is 2. The first-order valence-corrected chi connectivity index (χ1v) is 5.32. The number of rotatable bonds is 0. The van der Waals surface area contributed by atoms with E-state index in [1.165, 1.54) is 24.1 Å². The summed E-state index contributed by atoms with van der Waals surface area (Å²) in [5, 5.41) is 20.2. The number of aryl methyl sites for hydroxylation is 2. The number of nitrogens with one attached hydrogen (secondary N) is 1. The van der Waals surface area contributed by atoms with Gasteiger partial charge in [-0.15, -0.1) is 0 Å². The highest BCUT2D eigenvalue weighted by Gasteiger charge is 2.17. The van der Waals surface area contributed by atoms with Gasteiger partial charge in [-0.3, -0.25) is 0 Å². The van der Waals surface area contributed by atoms with E-state index in [2.05, 4.69) is 4.98 Å².